The molecule has 0 radical (unpaired) electrons. The molecule has 1 aromatic rings. The first-order chi connectivity index (χ1) is 9.40. The van der Waals surface area contributed by atoms with Crippen molar-refractivity contribution < 1.29 is 22.0 Å². The van der Waals surface area contributed by atoms with Crippen LogP contribution in [0.15, 0.2) is 0 Å². The maximum atomic E-state index is 13.4. The molecule has 0 fully saturated rings. The van der Waals surface area contributed by atoms with Crippen molar-refractivity contribution in [1.29, 1.82) is 0 Å². The van der Waals surface area contributed by atoms with Crippen LogP contribution < -0.4 is 10.6 Å². The van der Waals surface area contributed by atoms with Crippen molar-refractivity contribution in [2.45, 2.75) is 32.9 Å². The van der Waals surface area contributed by atoms with Gasteiger partial charge in [0.05, 0.1) is 0 Å². The van der Waals surface area contributed by atoms with Crippen molar-refractivity contribution in [1.82, 2.24) is 10.6 Å². The third-order valence-corrected chi connectivity index (χ3v) is 2.81. The SMILES string of the molecule is CCCNCC(C)NCc1c(F)c(F)c(F)c(F)c1F. The molecule has 1 unspecified atom stereocenters. The molecule has 0 saturated heterocycles. The van der Waals surface area contributed by atoms with Gasteiger partial charge in [-0.2, -0.15) is 0 Å². The lowest BCUT2D eigenvalue weighted by Crippen LogP contribution is -2.36. The fourth-order valence-corrected chi connectivity index (χ4v) is 1.65. The predicted molar refractivity (Wildman–Crippen MR) is 65.7 cm³/mol. The largest absolute Gasteiger partial charge is 0.315 e. The van der Waals surface area contributed by atoms with Gasteiger partial charge in [0.2, 0.25) is 5.82 Å². The molecule has 0 aromatic heterocycles. The van der Waals surface area contributed by atoms with Gasteiger partial charge >= 0.3 is 0 Å². The molecule has 1 aromatic carbocycles. The highest BCUT2D eigenvalue weighted by Gasteiger charge is 2.25. The van der Waals surface area contributed by atoms with Crippen LogP contribution in [0.1, 0.15) is 25.8 Å². The van der Waals surface area contributed by atoms with Gasteiger partial charge in [0.15, 0.2) is 23.3 Å². The normalized spacial score (nSPS) is 12.8. The van der Waals surface area contributed by atoms with Gasteiger partial charge in [-0.15, -0.1) is 0 Å². The predicted octanol–water partition coefficient (Wildman–Crippen LogP) is 2.86. The Bertz CT molecular complexity index is 436. The van der Waals surface area contributed by atoms with Crippen LogP contribution in [0, 0.1) is 29.1 Å². The Labute approximate surface area is 114 Å². The molecule has 2 N–H and O–H groups in total. The van der Waals surface area contributed by atoms with E-state index >= 15 is 0 Å². The van der Waals surface area contributed by atoms with Gasteiger partial charge in [-0.1, -0.05) is 6.92 Å². The molecule has 2 nitrogen and oxygen atoms in total. The van der Waals surface area contributed by atoms with E-state index in [9.17, 15) is 22.0 Å². The number of hydrogen-bond acceptors (Lipinski definition) is 2. The van der Waals surface area contributed by atoms with Crippen molar-refractivity contribution >= 4 is 0 Å². The van der Waals surface area contributed by atoms with Gasteiger partial charge in [0, 0.05) is 24.7 Å². The molecule has 1 atom stereocenters. The molecule has 0 heterocycles. The highest BCUT2D eigenvalue weighted by molar-refractivity contribution is 5.24. The second kappa shape index (κ2) is 7.54. The smallest absolute Gasteiger partial charge is 0.200 e. The summed E-state index contributed by atoms with van der Waals surface area (Å²) in [7, 11) is 0. The third-order valence-electron chi connectivity index (χ3n) is 2.81. The first kappa shape index (κ1) is 16.8. The zero-order valence-electron chi connectivity index (χ0n) is 11.3. The standard InChI is InChI=1S/C13H17F5N2/c1-3-4-19-5-7(2)20-6-8-9(14)11(16)13(18)12(17)10(8)15/h7,19-20H,3-6H2,1-2H3. The molecule has 0 spiro atoms. The van der Waals surface area contributed by atoms with Crippen LogP contribution in [-0.4, -0.2) is 19.1 Å². The van der Waals surface area contributed by atoms with Crippen LogP contribution in [-0.2, 0) is 6.54 Å². The fourth-order valence-electron chi connectivity index (χ4n) is 1.65. The van der Waals surface area contributed by atoms with Crippen molar-refractivity contribution in [3.63, 3.8) is 0 Å². The molecule has 0 saturated carbocycles. The van der Waals surface area contributed by atoms with E-state index in [0.29, 0.717) is 6.54 Å². The molecule has 0 aliphatic heterocycles. The van der Waals surface area contributed by atoms with Crippen LogP contribution in [0.25, 0.3) is 0 Å². The second-order valence-electron chi connectivity index (χ2n) is 4.53. The topological polar surface area (TPSA) is 24.1 Å². The van der Waals surface area contributed by atoms with Crippen LogP contribution >= 0.6 is 0 Å². The summed E-state index contributed by atoms with van der Waals surface area (Å²) in [5, 5.41) is 5.79. The van der Waals surface area contributed by atoms with Crippen molar-refractivity contribution in [3.8, 4) is 0 Å². The number of benzene rings is 1. The summed E-state index contributed by atoms with van der Waals surface area (Å²) in [6.45, 7) is 4.62. The van der Waals surface area contributed by atoms with Crippen molar-refractivity contribution in [2.24, 2.45) is 0 Å². The quantitative estimate of drug-likeness (QED) is 0.350. The monoisotopic (exact) mass is 296 g/mol. The van der Waals surface area contributed by atoms with E-state index in [1.165, 1.54) is 0 Å². The Kier molecular flexibility index (Phi) is 6.35. The van der Waals surface area contributed by atoms with Crippen molar-refractivity contribution in [2.75, 3.05) is 13.1 Å². The minimum Gasteiger partial charge on any atom is -0.315 e. The molecular formula is C13H17F5N2. The van der Waals surface area contributed by atoms with E-state index in [0.717, 1.165) is 13.0 Å². The zero-order chi connectivity index (χ0) is 15.3. The average Bonchev–Trinajstić information content (AvgIpc) is 2.43. The molecule has 0 aliphatic rings. The molecule has 0 bridgehead atoms. The van der Waals surface area contributed by atoms with Crippen LogP contribution in [0.5, 0.6) is 0 Å². The van der Waals surface area contributed by atoms with E-state index in [2.05, 4.69) is 10.6 Å². The molecule has 0 aliphatic carbocycles. The number of nitrogens with one attached hydrogen (secondary N) is 2. The lowest BCUT2D eigenvalue weighted by atomic mass is 10.1. The first-order valence-corrected chi connectivity index (χ1v) is 6.34. The zero-order valence-corrected chi connectivity index (χ0v) is 11.3. The van der Waals surface area contributed by atoms with Gasteiger partial charge < -0.3 is 10.6 Å². The van der Waals surface area contributed by atoms with E-state index in [-0.39, 0.29) is 6.04 Å². The maximum absolute atomic E-state index is 13.4. The van der Waals surface area contributed by atoms with Crippen LogP contribution in [0.2, 0.25) is 0 Å². The summed E-state index contributed by atoms with van der Waals surface area (Å²) in [6.07, 6.45) is 0.935. The summed E-state index contributed by atoms with van der Waals surface area (Å²) in [5.74, 6) is -9.55. The molecule has 20 heavy (non-hydrogen) atoms. The van der Waals surface area contributed by atoms with Crippen molar-refractivity contribution in [3.05, 3.63) is 34.6 Å². The highest BCUT2D eigenvalue weighted by Crippen LogP contribution is 2.22. The average molecular weight is 296 g/mol. The Balaban J connectivity index is 2.73. The summed E-state index contributed by atoms with van der Waals surface area (Å²) in [6, 6.07) is -0.170. The highest BCUT2D eigenvalue weighted by atomic mass is 19.2. The van der Waals surface area contributed by atoms with Gasteiger partial charge in [-0.3, -0.25) is 0 Å². The minimum absolute atomic E-state index is 0.170. The Hall–Kier alpha value is -1.21. The lowest BCUT2D eigenvalue weighted by Gasteiger charge is -2.15. The van der Waals surface area contributed by atoms with Gasteiger partial charge in [0.1, 0.15) is 0 Å². The first-order valence-electron chi connectivity index (χ1n) is 6.34. The maximum Gasteiger partial charge on any atom is 0.200 e. The van der Waals surface area contributed by atoms with E-state index in [4.69, 9.17) is 0 Å². The molecule has 0 amide bonds. The van der Waals surface area contributed by atoms with E-state index in [1.54, 1.807) is 6.92 Å². The van der Waals surface area contributed by atoms with E-state index in [1.807, 2.05) is 6.92 Å². The molecule has 114 valence electrons. The summed E-state index contributed by atoms with van der Waals surface area (Å²) in [4.78, 5) is 0. The second-order valence-corrected chi connectivity index (χ2v) is 4.53. The Morgan fingerprint density at radius 2 is 1.40 bits per heavy atom. The minimum atomic E-state index is -2.14. The van der Waals surface area contributed by atoms with Gasteiger partial charge in [0.25, 0.3) is 0 Å². The summed E-state index contributed by atoms with van der Waals surface area (Å²) >= 11 is 0. The Morgan fingerprint density at radius 1 is 0.900 bits per heavy atom. The number of rotatable bonds is 7. The Morgan fingerprint density at radius 3 is 1.90 bits per heavy atom. The molecular weight excluding hydrogens is 279 g/mol. The fraction of sp³-hybridized carbons (Fsp3) is 0.538. The molecule has 1 rings (SSSR count). The summed E-state index contributed by atoms with van der Waals surface area (Å²) < 4.78 is 65.6. The lowest BCUT2D eigenvalue weighted by molar-refractivity contribution is 0.364. The third kappa shape index (κ3) is 3.89. The van der Waals surface area contributed by atoms with Crippen LogP contribution in [0.4, 0.5) is 22.0 Å². The summed E-state index contributed by atoms with van der Waals surface area (Å²) in [5.41, 5.74) is -0.844. The number of hydrogen-bond donors (Lipinski definition) is 2. The van der Waals surface area contributed by atoms with E-state index < -0.39 is 41.2 Å². The van der Waals surface area contributed by atoms with Crippen LogP contribution in [0.3, 0.4) is 0 Å². The van der Waals surface area contributed by atoms with Gasteiger partial charge in [-0.25, -0.2) is 22.0 Å². The molecule has 7 heteroatoms. The van der Waals surface area contributed by atoms with Gasteiger partial charge in [-0.05, 0) is 19.9 Å². The number of halogens is 5.